The van der Waals surface area contributed by atoms with Crippen molar-refractivity contribution in [2.75, 3.05) is 13.1 Å². The number of aliphatic hydroxyl groups is 1. The first kappa shape index (κ1) is 22.4. The molecule has 31 heavy (non-hydrogen) atoms. The van der Waals surface area contributed by atoms with Crippen molar-refractivity contribution in [3.63, 3.8) is 0 Å². The minimum atomic E-state index is -3.83. The number of piperidine rings is 1. The van der Waals surface area contributed by atoms with Gasteiger partial charge in [0.2, 0.25) is 10.0 Å². The molecule has 0 atom stereocenters. The number of rotatable bonds is 4. The van der Waals surface area contributed by atoms with Crippen LogP contribution in [0, 0.1) is 5.82 Å². The first-order chi connectivity index (χ1) is 14.6. The Labute approximate surface area is 193 Å². The molecule has 1 aliphatic rings. The summed E-state index contributed by atoms with van der Waals surface area (Å²) in [5.41, 5.74) is 1.08. The van der Waals surface area contributed by atoms with E-state index >= 15 is 0 Å². The summed E-state index contributed by atoms with van der Waals surface area (Å²) in [7, 11) is -3.83. The molecular weight excluding hydrogens is 509 g/mol. The topological polar surface area (TPSA) is 86.3 Å². The monoisotopic (exact) mass is 527 g/mol. The van der Waals surface area contributed by atoms with E-state index in [4.69, 9.17) is 11.6 Å². The van der Waals surface area contributed by atoms with Crippen LogP contribution in [0.1, 0.15) is 19.8 Å². The second-order valence-electron chi connectivity index (χ2n) is 7.82. The third-order valence-electron chi connectivity index (χ3n) is 5.43. The number of hydrogen-bond donors (Lipinski definition) is 2. The largest absolute Gasteiger partial charge is 0.390 e. The van der Waals surface area contributed by atoms with Gasteiger partial charge < -0.3 is 10.1 Å². The maximum atomic E-state index is 13.5. The molecule has 3 aromatic rings. The van der Waals surface area contributed by atoms with Crippen LogP contribution in [0.5, 0.6) is 0 Å². The van der Waals surface area contributed by atoms with Gasteiger partial charge in [0.05, 0.1) is 27.0 Å². The summed E-state index contributed by atoms with van der Waals surface area (Å²) in [6.07, 6.45) is 2.32. The van der Waals surface area contributed by atoms with Crippen LogP contribution < -0.4 is 0 Å². The van der Waals surface area contributed by atoms with Gasteiger partial charge in [-0.2, -0.15) is 4.31 Å². The zero-order chi connectivity index (χ0) is 22.4. The van der Waals surface area contributed by atoms with E-state index in [-0.39, 0.29) is 28.8 Å². The number of hydrogen-bond acceptors (Lipinski definition) is 4. The number of aromatic nitrogens is 2. The molecule has 0 bridgehead atoms. The van der Waals surface area contributed by atoms with Crippen LogP contribution in [0.25, 0.3) is 22.6 Å². The average Bonchev–Trinajstić information content (AvgIpc) is 3.20. The van der Waals surface area contributed by atoms with E-state index < -0.39 is 15.6 Å². The number of H-pyrrole nitrogens is 1. The zero-order valence-corrected chi connectivity index (χ0v) is 19.7. The van der Waals surface area contributed by atoms with Crippen LogP contribution in [0.3, 0.4) is 0 Å². The van der Waals surface area contributed by atoms with Gasteiger partial charge in [-0.25, -0.2) is 17.8 Å². The van der Waals surface area contributed by atoms with Gasteiger partial charge in [-0.3, -0.25) is 0 Å². The Balaban J connectivity index is 1.66. The van der Waals surface area contributed by atoms with Gasteiger partial charge in [-0.15, -0.1) is 0 Å². The quantitative estimate of drug-likeness (QED) is 0.508. The SMILES string of the molecule is CC1(O)CCN(S(=O)(=O)c2cc(-c3ncc(-c4ccc(F)c(Br)c4)[nH]3)ccc2Cl)CC1. The van der Waals surface area contributed by atoms with Crippen molar-refractivity contribution in [2.24, 2.45) is 0 Å². The van der Waals surface area contributed by atoms with Crippen molar-refractivity contribution >= 4 is 37.6 Å². The van der Waals surface area contributed by atoms with Gasteiger partial charge in [-0.05, 0) is 72.1 Å². The van der Waals surface area contributed by atoms with Crippen LogP contribution in [0.4, 0.5) is 4.39 Å². The van der Waals surface area contributed by atoms with Crippen molar-refractivity contribution in [1.82, 2.24) is 14.3 Å². The van der Waals surface area contributed by atoms with Gasteiger partial charge in [-0.1, -0.05) is 11.6 Å². The minimum Gasteiger partial charge on any atom is -0.390 e. The lowest BCUT2D eigenvalue weighted by Crippen LogP contribution is -2.45. The molecule has 1 saturated heterocycles. The van der Waals surface area contributed by atoms with E-state index in [1.807, 2.05) is 0 Å². The number of aromatic amines is 1. The highest BCUT2D eigenvalue weighted by molar-refractivity contribution is 9.10. The maximum absolute atomic E-state index is 13.5. The minimum absolute atomic E-state index is 0.00399. The smallest absolute Gasteiger partial charge is 0.244 e. The second kappa shape index (κ2) is 8.29. The average molecular weight is 529 g/mol. The fraction of sp³-hybridized carbons (Fsp3) is 0.286. The summed E-state index contributed by atoms with van der Waals surface area (Å²) >= 11 is 9.42. The lowest BCUT2D eigenvalue weighted by molar-refractivity contribution is 0.0126. The first-order valence-corrected chi connectivity index (χ1v) is 12.2. The Morgan fingerprint density at radius 3 is 2.55 bits per heavy atom. The highest BCUT2D eigenvalue weighted by Crippen LogP contribution is 2.33. The van der Waals surface area contributed by atoms with Crippen molar-refractivity contribution in [1.29, 1.82) is 0 Å². The van der Waals surface area contributed by atoms with E-state index in [9.17, 15) is 17.9 Å². The summed E-state index contributed by atoms with van der Waals surface area (Å²) in [5, 5.41) is 10.2. The van der Waals surface area contributed by atoms with E-state index in [0.29, 0.717) is 34.4 Å². The summed E-state index contributed by atoms with van der Waals surface area (Å²) in [6.45, 7) is 2.15. The van der Waals surface area contributed by atoms with E-state index in [1.165, 1.54) is 22.5 Å². The van der Waals surface area contributed by atoms with Crippen molar-refractivity contribution in [2.45, 2.75) is 30.3 Å². The molecule has 2 N–H and O–H groups in total. The Hall–Kier alpha value is -1.78. The van der Waals surface area contributed by atoms with Crippen molar-refractivity contribution < 1.29 is 17.9 Å². The Morgan fingerprint density at radius 1 is 1.19 bits per heavy atom. The Bertz CT molecular complexity index is 1240. The molecule has 0 amide bonds. The molecule has 0 spiro atoms. The van der Waals surface area contributed by atoms with Gasteiger partial charge in [0.25, 0.3) is 0 Å². The summed E-state index contributed by atoms with van der Waals surface area (Å²) < 4.78 is 41.6. The predicted molar refractivity (Wildman–Crippen MR) is 121 cm³/mol. The van der Waals surface area contributed by atoms with Crippen molar-refractivity contribution in [3.8, 4) is 22.6 Å². The zero-order valence-electron chi connectivity index (χ0n) is 16.6. The number of benzene rings is 2. The number of sulfonamides is 1. The highest BCUT2D eigenvalue weighted by Gasteiger charge is 2.35. The van der Waals surface area contributed by atoms with Gasteiger partial charge in [0.1, 0.15) is 16.5 Å². The van der Waals surface area contributed by atoms with E-state index in [1.54, 1.807) is 31.3 Å². The number of halogens is 3. The fourth-order valence-corrected chi connectivity index (χ4v) is 5.79. The summed E-state index contributed by atoms with van der Waals surface area (Å²) in [6, 6.07) is 9.32. The van der Waals surface area contributed by atoms with E-state index in [2.05, 4.69) is 25.9 Å². The normalized spacial score (nSPS) is 17.1. The van der Waals surface area contributed by atoms with Crippen LogP contribution in [0.2, 0.25) is 5.02 Å². The molecule has 0 saturated carbocycles. The van der Waals surface area contributed by atoms with Gasteiger partial charge >= 0.3 is 0 Å². The van der Waals surface area contributed by atoms with Crippen molar-refractivity contribution in [3.05, 3.63) is 57.9 Å². The molecule has 6 nitrogen and oxygen atoms in total. The second-order valence-corrected chi connectivity index (χ2v) is 11.0. The molecule has 0 radical (unpaired) electrons. The number of nitrogens with zero attached hydrogens (tertiary/aromatic N) is 2. The molecule has 1 aromatic heterocycles. The third kappa shape index (κ3) is 4.56. The van der Waals surface area contributed by atoms with Gasteiger partial charge in [0, 0.05) is 24.2 Å². The molecular formula is C21H20BrClFN3O3S. The van der Waals surface area contributed by atoms with Crippen LogP contribution >= 0.6 is 27.5 Å². The van der Waals surface area contributed by atoms with Gasteiger partial charge in [0.15, 0.2) is 0 Å². The highest BCUT2D eigenvalue weighted by atomic mass is 79.9. The van der Waals surface area contributed by atoms with E-state index in [0.717, 1.165) is 5.56 Å². The molecule has 4 rings (SSSR count). The predicted octanol–water partition coefficient (Wildman–Crippen LogP) is 4.83. The molecule has 10 heteroatoms. The third-order valence-corrected chi connectivity index (χ3v) is 8.42. The van der Waals surface area contributed by atoms with Crippen LogP contribution in [-0.2, 0) is 10.0 Å². The molecule has 2 heterocycles. The Morgan fingerprint density at radius 2 is 1.87 bits per heavy atom. The summed E-state index contributed by atoms with van der Waals surface area (Å²) in [5.74, 6) is 0.0976. The molecule has 164 valence electrons. The lowest BCUT2D eigenvalue weighted by atomic mass is 9.95. The lowest BCUT2D eigenvalue weighted by Gasteiger charge is -2.35. The standard InChI is InChI=1S/C21H20BrClFN3O3S/c1-21(28)6-8-27(9-7-21)31(29,30)19-11-14(2-4-16(19)23)20-25-12-18(26-20)13-3-5-17(24)15(22)10-13/h2-5,10-12,28H,6-9H2,1H3,(H,25,26). The molecule has 2 aromatic carbocycles. The molecule has 0 aliphatic carbocycles. The first-order valence-electron chi connectivity index (χ1n) is 9.60. The Kier molecular flexibility index (Phi) is 5.99. The maximum Gasteiger partial charge on any atom is 0.244 e. The molecule has 1 fully saturated rings. The number of imidazole rings is 1. The number of nitrogens with one attached hydrogen (secondary N) is 1. The fourth-order valence-electron chi connectivity index (χ4n) is 3.47. The molecule has 0 unspecified atom stereocenters. The molecule has 1 aliphatic heterocycles. The van der Waals surface area contributed by atoms with Crippen LogP contribution in [0.15, 0.2) is 52.0 Å². The van der Waals surface area contributed by atoms with Crippen LogP contribution in [-0.4, -0.2) is 46.5 Å². The summed E-state index contributed by atoms with van der Waals surface area (Å²) in [4.78, 5) is 7.49.